The van der Waals surface area contributed by atoms with Crippen LogP contribution in [-0.4, -0.2) is 35.4 Å². The minimum atomic E-state index is -0.706. The van der Waals surface area contributed by atoms with Gasteiger partial charge in [-0.3, -0.25) is 14.4 Å². The van der Waals surface area contributed by atoms with Crippen LogP contribution in [0.1, 0.15) is 72.1 Å². The summed E-state index contributed by atoms with van der Waals surface area (Å²) in [5, 5.41) is 9.62. The third-order valence-corrected chi connectivity index (χ3v) is 9.19. The quantitative estimate of drug-likeness (QED) is 0.642. The number of rotatable bonds is 6. The summed E-state index contributed by atoms with van der Waals surface area (Å²) in [6.45, 7) is 6.21. The van der Waals surface area contributed by atoms with Crippen molar-refractivity contribution in [2.24, 2.45) is 34.5 Å². The molecule has 0 aromatic rings. The Morgan fingerprint density at radius 2 is 1.97 bits per heavy atom. The molecule has 0 amide bonds. The van der Waals surface area contributed by atoms with Gasteiger partial charge in [0.05, 0.1) is 12.5 Å². The summed E-state index contributed by atoms with van der Waals surface area (Å²) in [7, 11) is 0. The van der Waals surface area contributed by atoms with Crippen molar-refractivity contribution in [3.8, 4) is 0 Å². The first kappa shape index (κ1) is 22.4. The zero-order valence-electron chi connectivity index (χ0n) is 19.1. The van der Waals surface area contributed by atoms with E-state index < -0.39 is 12.1 Å². The summed E-state index contributed by atoms with van der Waals surface area (Å²) < 4.78 is 5.22. The lowest BCUT2D eigenvalue weighted by atomic mass is 9.47. The molecule has 0 aliphatic heterocycles. The topological polar surface area (TPSA) is 80.7 Å². The van der Waals surface area contributed by atoms with Crippen LogP contribution in [0.3, 0.4) is 0 Å². The first-order valence-electron chi connectivity index (χ1n) is 12.0. The molecule has 31 heavy (non-hydrogen) atoms. The Morgan fingerprint density at radius 3 is 2.71 bits per heavy atom. The first-order valence-corrected chi connectivity index (χ1v) is 12.0. The van der Waals surface area contributed by atoms with Crippen LogP contribution < -0.4 is 0 Å². The minimum Gasteiger partial charge on any atom is -0.458 e. The Morgan fingerprint density at radius 1 is 1.19 bits per heavy atom. The Bertz CT molecular complexity index is 826. The van der Waals surface area contributed by atoms with E-state index in [1.807, 2.05) is 13.0 Å². The summed E-state index contributed by atoms with van der Waals surface area (Å²) in [5.74, 6) is 1.19. The number of hydrogen-bond acceptors (Lipinski definition) is 5. The maximum atomic E-state index is 13.1. The average molecular weight is 429 g/mol. The molecule has 0 spiro atoms. The fourth-order valence-electron chi connectivity index (χ4n) is 7.37. The van der Waals surface area contributed by atoms with E-state index in [0.29, 0.717) is 24.2 Å². The molecule has 1 N–H and O–H groups in total. The van der Waals surface area contributed by atoms with E-state index >= 15 is 0 Å². The third-order valence-electron chi connectivity index (χ3n) is 9.19. The fourth-order valence-corrected chi connectivity index (χ4v) is 7.37. The molecule has 0 saturated heterocycles. The number of fused-ring (bicyclic) bond motifs is 5. The van der Waals surface area contributed by atoms with Crippen LogP contribution in [-0.2, 0) is 19.1 Å². The lowest BCUT2D eigenvalue weighted by molar-refractivity contribution is -0.152. The van der Waals surface area contributed by atoms with Gasteiger partial charge in [-0.05, 0) is 80.3 Å². The number of aliphatic hydroxyl groups excluding tert-OH is 1. The highest BCUT2D eigenvalue weighted by Gasteiger charge is 2.59. The molecule has 0 bridgehead atoms. The molecular weight excluding hydrogens is 392 g/mol. The Hall–Kier alpha value is -1.75. The van der Waals surface area contributed by atoms with Gasteiger partial charge in [-0.1, -0.05) is 32.4 Å². The molecule has 3 saturated carbocycles. The second-order valence-corrected chi connectivity index (χ2v) is 10.7. The molecule has 0 aromatic carbocycles. The molecule has 170 valence electrons. The molecular formula is C26H36O5. The maximum absolute atomic E-state index is 13.1. The number of aliphatic hydroxyl groups is 1. The van der Waals surface area contributed by atoms with Gasteiger partial charge in [-0.2, -0.15) is 0 Å². The van der Waals surface area contributed by atoms with Crippen LogP contribution >= 0.6 is 0 Å². The van der Waals surface area contributed by atoms with E-state index in [2.05, 4.69) is 19.9 Å². The summed E-state index contributed by atoms with van der Waals surface area (Å²) in [6.07, 6.45) is 11.5. The molecule has 5 nitrogen and oxygen atoms in total. The molecule has 0 radical (unpaired) electrons. The molecule has 4 aliphatic carbocycles. The van der Waals surface area contributed by atoms with Crippen molar-refractivity contribution < 1.29 is 24.2 Å². The van der Waals surface area contributed by atoms with Gasteiger partial charge in [0.1, 0.15) is 6.61 Å². The zero-order valence-corrected chi connectivity index (χ0v) is 19.1. The van der Waals surface area contributed by atoms with Crippen LogP contribution in [0.2, 0.25) is 0 Å². The second-order valence-electron chi connectivity index (χ2n) is 10.7. The number of Topliss-reactive ketones (excluding diaryl/α,β-unsaturated/α-hetero) is 1. The van der Waals surface area contributed by atoms with Gasteiger partial charge in [0.15, 0.2) is 11.6 Å². The molecule has 7 atom stereocenters. The molecule has 0 heterocycles. The summed E-state index contributed by atoms with van der Waals surface area (Å²) in [4.78, 5) is 36.9. The Labute approximate surface area is 185 Å². The van der Waals surface area contributed by atoms with E-state index in [1.54, 1.807) is 6.08 Å². The number of allylic oxidation sites excluding steroid dienone is 4. The van der Waals surface area contributed by atoms with Crippen molar-refractivity contribution in [3.05, 3.63) is 23.8 Å². The Balaban J connectivity index is 1.44. The van der Waals surface area contributed by atoms with Crippen LogP contribution in [0, 0.1) is 34.5 Å². The monoisotopic (exact) mass is 428 g/mol. The van der Waals surface area contributed by atoms with Gasteiger partial charge < -0.3 is 9.84 Å². The molecule has 4 aliphatic rings. The first-order chi connectivity index (χ1) is 14.7. The number of carbonyl (C=O) groups is 3. The van der Waals surface area contributed by atoms with Crippen molar-refractivity contribution in [1.82, 2.24) is 0 Å². The van der Waals surface area contributed by atoms with Gasteiger partial charge in [-0.25, -0.2) is 0 Å². The SMILES string of the molecule is CCC(O)CC(=O)OCC(=O)[C@H]1CC[C@H]2[C@@H]3CCC4=CC(=O)C=C[C@]4(C)[C@H]3CC[C@]12C. The highest BCUT2D eigenvalue weighted by atomic mass is 16.5. The largest absolute Gasteiger partial charge is 0.458 e. The van der Waals surface area contributed by atoms with Crippen molar-refractivity contribution in [3.63, 3.8) is 0 Å². The van der Waals surface area contributed by atoms with Gasteiger partial charge >= 0.3 is 5.97 Å². The van der Waals surface area contributed by atoms with Crippen molar-refractivity contribution in [1.29, 1.82) is 0 Å². The number of carbonyl (C=O) groups excluding carboxylic acids is 3. The summed E-state index contributed by atoms with van der Waals surface area (Å²) in [5.41, 5.74) is 1.21. The number of ketones is 2. The van der Waals surface area contributed by atoms with E-state index in [1.165, 1.54) is 5.57 Å². The van der Waals surface area contributed by atoms with Crippen LogP contribution in [0.25, 0.3) is 0 Å². The van der Waals surface area contributed by atoms with Crippen LogP contribution in [0.5, 0.6) is 0 Å². The van der Waals surface area contributed by atoms with Gasteiger partial charge in [-0.15, -0.1) is 0 Å². The second kappa shape index (κ2) is 8.31. The summed E-state index contributed by atoms with van der Waals surface area (Å²) >= 11 is 0. The van der Waals surface area contributed by atoms with Gasteiger partial charge in [0, 0.05) is 11.3 Å². The normalized spacial score (nSPS) is 39.7. The number of hydrogen-bond donors (Lipinski definition) is 1. The van der Waals surface area contributed by atoms with Crippen molar-refractivity contribution in [2.45, 2.75) is 78.2 Å². The molecule has 1 unspecified atom stereocenters. The van der Waals surface area contributed by atoms with E-state index in [4.69, 9.17) is 4.74 Å². The molecule has 0 aromatic heterocycles. The van der Waals surface area contributed by atoms with Gasteiger partial charge in [0.25, 0.3) is 0 Å². The molecule has 5 heteroatoms. The highest BCUT2D eigenvalue weighted by Crippen LogP contribution is 2.66. The molecule has 4 rings (SSSR count). The number of ether oxygens (including phenoxy) is 1. The smallest absolute Gasteiger partial charge is 0.308 e. The van der Waals surface area contributed by atoms with Crippen molar-refractivity contribution >= 4 is 17.5 Å². The average Bonchev–Trinajstić information content (AvgIpc) is 3.09. The van der Waals surface area contributed by atoms with Crippen LogP contribution in [0.15, 0.2) is 23.8 Å². The van der Waals surface area contributed by atoms with Crippen molar-refractivity contribution in [2.75, 3.05) is 6.61 Å². The summed E-state index contributed by atoms with van der Waals surface area (Å²) in [6, 6.07) is 0. The molecule has 3 fully saturated rings. The minimum absolute atomic E-state index is 0.0318. The van der Waals surface area contributed by atoms with Gasteiger partial charge in [0.2, 0.25) is 0 Å². The standard InChI is InChI=1S/C26H36O5/c1-4-17(27)14-24(30)31-15-23(29)22-8-7-20-19-6-5-16-13-18(28)9-11-25(16,2)21(19)10-12-26(20,22)3/h9,11,13,17,19-22,27H,4-8,10,12,14-15H2,1-3H3/t17?,19-,20-,21-,22+,25-,26-/m0/s1. The predicted molar refractivity (Wildman–Crippen MR) is 117 cm³/mol. The van der Waals surface area contributed by atoms with Crippen LogP contribution in [0.4, 0.5) is 0 Å². The predicted octanol–water partition coefficient (Wildman–Crippen LogP) is 4.18. The lowest BCUT2D eigenvalue weighted by Gasteiger charge is -2.56. The maximum Gasteiger partial charge on any atom is 0.308 e. The Kier molecular flexibility index (Phi) is 6.01. The fraction of sp³-hybridized carbons (Fsp3) is 0.731. The third kappa shape index (κ3) is 3.83. The van der Waals surface area contributed by atoms with E-state index in [-0.39, 0.29) is 41.3 Å². The highest BCUT2D eigenvalue weighted by molar-refractivity contribution is 6.01. The zero-order chi connectivity index (χ0) is 22.4. The lowest BCUT2D eigenvalue weighted by Crippen LogP contribution is -2.50. The van der Waals surface area contributed by atoms with E-state index in [0.717, 1.165) is 38.5 Å². The van der Waals surface area contributed by atoms with E-state index in [9.17, 15) is 19.5 Å². The number of esters is 1.